The van der Waals surface area contributed by atoms with E-state index in [0.717, 1.165) is 22.5 Å². The van der Waals surface area contributed by atoms with E-state index in [2.05, 4.69) is 21.8 Å². The van der Waals surface area contributed by atoms with Gasteiger partial charge in [0.05, 0.1) is 23.2 Å². The number of benzene rings is 1. The molecule has 0 saturated heterocycles. The molecule has 0 radical (unpaired) electrons. The lowest BCUT2D eigenvalue weighted by Gasteiger charge is -2.02. The Morgan fingerprint density at radius 3 is 3.00 bits per heavy atom. The van der Waals surface area contributed by atoms with Gasteiger partial charge in [-0.1, -0.05) is 0 Å². The SMILES string of the molecule is Cc1ncc(Cn2ccc3cc(C#N)ccc32)s1. The Bertz CT molecular complexity index is 746. The van der Waals surface area contributed by atoms with Gasteiger partial charge in [0.1, 0.15) is 0 Å². The van der Waals surface area contributed by atoms with Gasteiger partial charge in [0.25, 0.3) is 0 Å². The quantitative estimate of drug-likeness (QED) is 0.703. The van der Waals surface area contributed by atoms with Crippen LogP contribution in [0.2, 0.25) is 0 Å². The Morgan fingerprint density at radius 1 is 1.39 bits per heavy atom. The van der Waals surface area contributed by atoms with Gasteiger partial charge in [-0.05, 0) is 31.2 Å². The van der Waals surface area contributed by atoms with Crippen LogP contribution in [0.25, 0.3) is 10.9 Å². The van der Waals surface area contributed by atoms with Crippen molar-refractivity contribution in [1.29, 1.82) is 5.26 Å². The Kier molecular flexibility index (Phi) is 2.62. The van der Waals surface area contributed by atoms with Crippen molar-refractivity contribution in [2.24, 2.45) is 0 Å². The molecule has 0 unspecified atom stereocenters. The lowest BCUT2D eigenvalue weighted by atomic mass is 10.2. The van der Waals surface area contributed by atoms with E-state index in [9.17, 15) is 0 Å². The number of hydrogen-bond donors (Lipinski definition) is 0. The molecule has 0 N–H and O–H groups in total. The minimum Gasteiger partial charge on any atom is -0.342 e. The van der Waals surface area contributed by atoms with Crippen LogP contribution in [0.15, 0.2) is 36.7 Å². The van der Waals surface area contributed by atoms with Crippen LogP contribution in [0.4, 0.5) is 0 Å². The summed E-state index contributed by atoms with van der Waals surface area (Å²) in [6.45, 7) is 2.85. The molecule has 2 heterocycles. The summed E-state index contributed by atoms with van der Waals surface area (Å²) in [5.74, 6) is 0. The smallest absolute Gasteiger partial charge is 0.0991 e. The molecule has 0 amide bonds. The largest absolute Gasteiger partial charge is 0.342 e. The second-order valence-corrected chi connectivity index (χ2v) is 5.49. The average Bonchev–Trinajstić information content (AvgIpc) is 2.96. The van der Waals surface area contributed by atoms with E-state index >= 15 is 0 Å². The standard InChI is InChI=1S/C14H11N3S/c1-10-16-8-13(18-10)9-17-5-4-12-6-11(7-15)2-3-14(12)17/h2-6,8H,9H2,1H3. The molecule has 3 aromatic rings. The number of aryl methyl sites for hydroxylation is 1. The Morgan fingerprint density at radius 2 is 2.28 bits per heavy atom. The summed E-state index contributed by atoms with van der Waals surface area (Å²) < 4.78 is 2.18. The number of aromatic nitrogens is 2. The van der Waals surface area contributed by atoms with Gasteiger partial charge in [-0.15, -0.1) is 11.3 Å². The van der Waals surface area contributed by atoms with Crippen molar-refractivity contribution in [1.82, 2.24) is 9.55 Å². The lowest BCUT2D eigenvalue weighted by Crippen LogP contribution is -1.95. The highest BCUT2D eigenvalue weighted by Crippen LogP contribution is 2.20. The molecule has 3 rings (SSSR count). The highest BCUT2D eigenvalue weighted by atomic mass is 32.1. The molecular weight excluding hydrogens is 242 g/mol. The van der Waals surface area contributed by atoms with E-state index in [4.69, 9.17) is 5.26 Å². The van der Waals surface area contributed by atoms with Crippen LogP contribution in [-0.4, -0.2) is 9.55 Å². The maximum Gasteiger partial charge on any atom is 0.0991 e. The fourth-order valence-corrected chi connectivity index (χ4v) is 2.85. The minimum atomic E-state index is 0.703. The molecule has 3 nitrogen and oxygen atoms in total. The topological polar surface area (TPSA) is 41.6 Å². The summed E-state index contributed by atoms with van der Waals surface area (Å²) in [6, 6.07) is 9.99. The van der Waals surface area contributed by atoms with Gasteiger partial charge < -0.3 is 4.57 Å². The summed E-state index contributed by atoms with van der Waals surface area (Å²) in [7, 11) is 0. The second kappa shape index (κ2) is 4.28. The third kappa shape index (κ3) is 1.89. The summed E-state index contributed by atoms with van der Waals surface area (Å²) in [5, 5.41) is 11.1. The van der Waals surface area contributed by atoms with Crippen molar-refractivity contribution in [2.75, 3.05) is 0 Å². The first-order valence-electron chi connectivity index (χ1n) is 5.66. The maximum atomic E-state index is 8.88. The highest BCUT2D eigenvalue weighted by Gasteiger charge is 2.04. The van der Waals surface area contributed by atoms with Gasteiger partial charge in [0, 0.05) is 28.2 Å². The van der Waals surface area contributed by atoms with Gasteiger partial charge in [-0.3, -0.25) is 0 Å². The van der Waals surface area contributed by atoms with Crippen molar-refractivity contribution in [3.05, 3.63) is 52.1 Å². The molecule has 0 saturated carbocycles. The van der Waals surface area contributed by atoms with Crippen molar-refractivity contribution in [2.45, 2.75) is 13.5 Å². The Balaban J connectivity index is 2.00. The number of nitriles is 1. The normalized spacial score (nSPS) is 10.7. The molecule has 0 spiro atoms. The van der Waals surface area contributed by atoms with Crippen molar-refractivity contribution in [3.8, 4) is 6.07 Å². The predicted octanol–water partition coefficient (Wildman–Crippen LogP) is 3.33. The van der Waals surface area contributed by atoms with E-state index in [1.807, 2.05) is 37.4 Å². The molecule has 4 heteroatoms. The van der Waals surface area contributed by atoms with E-state index < -0.39 is 0 Å². The monoisotopic (exact) mass is 253 g/mol. The van der Waals surface area contributed by atoms with Crippen LogP contribution < -0.4 is 0 Å². The first-order valence-corrected chi connectivity index (χ1v) is 6.48. The molecular formula is C14H11N3S. The van der Waals surface area contributed by atoms with Crippen LogP contribution in [0.1, 0.15) is 15.4 Å². The van der Waals surface area contributed by atoms with Crippen LogP contribution in [-0.2, 0) is 6.54 Å². The average molecular weight is 253 g/mol. The molecule has 1 aromatic carbocycles. The highest BCUT2D eigenvalue weighted by molar-refractivity contribution is 7.11. The number of thiazole rings is 1. The van der Waals surface area contributed by atoms with Gasteiger partial charge in [0.15, 0.2) is 0 Å². The number of fused-ring (bicyclic) bond motifs is 1. The zero-order valence-electron chi connectivity index (χ0n) is 9.92. The summed E-state index contributed by atoms with van der Waals surface area (Å²) >= 11 is 1.72. The van der Waals surface area contributed by atoms with Gasteiger partial charge >= 0.3 is 0 Å². The van der Waals surface area contributed by atoms with Crippen LogP contribution >= 0.6 is 11.3 Å². The Hall–Kier alpha value is -2.12. The lowest BCUT2D eigenvalue weighted by molar-refractivity contribution is 0.849. The van der Waals surface area contributed by atoms with Crippen LogP contribution in [0.3, 0.4) is 0 Å². The predicted molar refractivity (Wildman–Crippen MR) is 72.6 cm³/mol. The molecule has 0 aliphatic heterocycles. The first-order chi connectivity index (χ1) is 8.76. The van der Waals surface area contributed by atoms with E-state index in [0.29, 0.717) is 5.56 Å². The number of hydrogen-bond acceptors (Lipinski definition) is 3. The zero-order chi connectivity index (χ0) is 12.5. The van der Waals surface area contributed by atoms with Gasteiger partial charge in [-0.2, -0.15) is 5.26 Å². The molecule has 88 valence electrons. The van der Waals surface area contributed by atoms with Crippen molar-refractivity contribution < 1.29 is 0 Å². The first kappa shape index (κ1) is 11.0. The Labute approximate surface area is 109 Å². The van der Waals surface area contributed by atoms with E-state index in [1.54, 1.807) is 11.3 Å². The summed E-state index contributed by atoms with van der Waals surface area (Å²) in [5.41, 5.74) is 1.86. The van der Waals surface area contributed by atoms with E-state index in [1.165, 1.54) is 4.88 Å². The molecule has 0 aliphatic rings. The third-order valence-corrected chi connectivity index (χ3v) is 3.79. The molecule has 0 aliphatic carbocycles. The zero-order valence-corrected chi connectivity index (χ0v) is 10.7. The maximum absolute atomic E-state index is 8.88. The van der Waals surface area contributed by atoms with Crippen LogP contribution in [0, 0.1) is 18.3 Å². The van der Waals surface area contributed by atoms with Gasteiger partial charge in [0.2, 0.25) is 0 Å². The fourth-order valence-electron chi connectivity index (χ4n) is 2.05. The van der Waals surface area contributed by atoms with Crippen molar-refractivity contribution >= 4 is 22.2 Å². The number of nitrogens with zero attached hydrogens (tertiary/aromatic N) is 3. The van der Waals surface area contributed by atoms with Gasteiger partial charge in [-0.25, -0.2) is 4.98 Å². The summed E-state index contributed by atoms with van der Waals surface area (Å²) in [4.78, 5) is 5.51. The molecule has 0 atom stereocenters. The second-order valence-electron chi connectivity index (χ2n) is 4.17. The molecule has 2 aromatic heterocycles. The molecule has 18 heavy (non-hydrogen) atoms. The minimum absolute atomic E-state index is 0.703. The molecule has 0 fully saturated rings. The summed E-state index contributed by atoms with van der Waals surface area (Å²) in [6.07, 6.45) is 3.98. The fraction of sp³-hybridized carbons (Fsp3) is 0.143. The molecule has 0 bridgehead atoms. The van der Waals surface area contributed by atoms with Crippen LogP contribution in [0.5, 0.6) is 0 Å². The third-order valence-electron chi connectivity index (χ3n) is 2.90. The van der Waals surface area contributed by atoms with Crippen molar-refractivity contribution in [3.63, 3.8) is 0 Å². The number of rotatable bonds is 2. The van der Waals surface area contributed by atoms with E-state index in [-0.39, 0.29) is 0 Å².